The van der Waals surface area contributed by atoms with Gasteiger partial charge in [-0.2, -0.15) is 5.26 Å². The third-order valence-corrected chi connectivity index (χ3v) is 6.90. The van der Waals surface area contributed by atoms with E-state index >= 15 is 0 Å². The van der Waals surface area contributed by atoms with E-state index < -0.39 is 16.1 Å². The summed E-state index contributed by atoms with van der Waals surface area (Å²) in [6, 6.07) is 24.6. The molecule has 1 N–H and O–H groups in total. The molecule has 3 aromatic carbocycles. The first-order valence-corrected chi connectivity index (χ1v) is 12.0. The van der Waals surface area contributed by atoms with Crippen molar-refractivity contribution in [3.8, 4) is 6.07 Å². The first-order valence-electron chi connectivity index (χ1n) is 11.1. The number of amides is 2. The number of nitrogens with zero attached hydrogens (tertiary/aromatic N) is 3. The fourth-order valence-corrected chi connectivity index (χ4v) is 5.10. The van der Waals surface area contributed by atoms with Crippen LogP contribution < -0.4 is 10.2 Å². The van der Waals surface area contributed by atoms with Crippen molar-refractivity contribution in [3.63, 3.8) is 0 Å². The van der Waals surface area contributed by atoms with Gasteiger partial charge in [-0.05, 0) is 36.6 Å². The molecule has 9 heteroatoms. The van der Waals surface area contributed by atoms with Gasteiger partial charge in [0.1, 0.15) is 16.7 Å². The van der Waals surface area contributed by atoms with Crippen molar-refractivity contribution < 1.29 is 14.5 Å². The lowest BCUT2D eigenvalue weighted by Crippen LogP contribution is -2.32. The van der Waals surface area contributed by atoms with E-state index in [1.807, 2.05) is 55.5 Å². The van der Waals surface area contributed by atoms with Crippen molar-refractivity contribution in [1.29, 1.82) is 5.26 Å². The summed E-state index contributed by atoms with van der Waals surface area (Å²) in [6.07, 6.45) is 0.210. The second-order valence-electron chi connectivity index (χ2n) is 8.21. The topological polar surface area (TPSA) is 116 Å². The Hall–Kier alpha value is -4.42. The average molecular weight is 499 g/mol. The lowest BCUT2D eigenvalue weighted by atomic mass is 10.1. The van der Waals surface area contributed by atoms with Crippen LogP contribution in [0.1, 0.15) is 16.7 Å². The number of nitrogens with one attached hydrogen (secondary N) is 1. The highest BCUT2D eigenvalue weighted by Gasteiger charge is 2.40. The molecule has 0 aliphatic carbocycles. The molecular weight excluding hydrogens is 476 g/mol. The average Bonchev–Trinajstić information content (AvgIpc) is 3.19. The summed E-state index contributed by atoms with van der Waals surface area (Å²) >= 11 is 1.12. The Morgan fingerprint density at radius 2 is 1.78 bits per heavy atom. The lowest BCUT2D eigenvalue weighted by Gasteiger charge is -2.19. The molecule has 0 saturated carbocycles. The van der Waals surface area contributed by atoms with E-state index in [0.29, 0.717) is 11.3 Å². The molecule has 0 bridgehead atoms. The maximum absolute atomic E-state index is 13.5. The SMILES string of the molecule is Cc1ccc(N2C(=O)[C@@H](Cc3cccc([N+](=O)[O-])c3)S/C2=C(/C#N)C(=O)NCc2ccccc2)cc1. The number of hydrogen-bond donors (Lipinski definition) is 1. The molecule has 2 amide bonds. The Labute approximate surface area is 212 Å². The van der Waals surface area contributed by atoms with E-state index in [1.54, 1.807) is 24.3 Å². The van der Waals surface area contributed by atoms with Crippen LogP contribution in [0.25, 0.3) is 0 Å². The smallest absolute Gasteiger partial charge is 0.269 e. The number of thioether (sulfide) groups is 1. The van der Waals surface area contributed by atoms with Crippen LogP contribution in [0.3, 0.4) is 0 Å². The van der Waals surface area contributed by atoms with Gasteiger partial charge >= 0.3 is 0 Å². The largest absolute Gasteiger partial charge is 0.347 e. The molecule has 4 rings (SSSR count). The maximum atomic E-state index is 13.5. The number of carbonyl (C=O) groups excluding carboxylic acids is 2. The standard InChI is InChI=1S/C27H22N4O4S/c1-18-10-12-21(13-11-18)30-26(33)24(15-20-8-5-9-22(14-20)31(34)35)36-27(30)23(16-28)25(32)29-17-19-6-3-2-4-7-19/h2-14,24H,15,17H2,1H3,(H,29,32)/b27-23-/t24-/m1/s1. The predicted molar refractivity (Wildman–Crippen MR) is 138 cm³/mol. The van der Waals surface area contributed by atoms with E-state index in [1.165, 1.54) is 17.0 Å². The minimum atomic E-state index is -0.659. The van der Waals surface area contributed by atoms with Gasteiger partial charge < -0.3 is 5.32 Å². The normalized spacial score (nSPS) is 16.4. The highest BCUT2D eigenvalue weighted by Crippen LogP contribution is 2.42. The van der Waals surface area contributed by atoms with Crippen LogP contribution in [0.5, 0.6) is 0 Å². The van der Waals surface area contributed by atoms with Crippen LogP contribution in [0.2, 0.25) is 0 Å². The fraction of sp³-hybridized carbons (Fsp3) is 0.148. The van der Waals surface area contributed by atoms with Gasteiger partial charge in [0.2, 0.25) is 5.91 Å². The summed E-state index contributed by atoms with van der Waals surface area (Å²) in [7, 11) is 0. The second-order valence-corrected chi connectivity index (χ2v) is 9.40. The third kappa shape index (κ3) is 5.45. The Balaban J connectivity index is 1.67. The van der Waals surface area contributed by atoms with Crippen molar-refractivity contribution >= 4 is 35.0 Å². The molecule has 180 valence electrons. The molecule has 36 heavy (non-hydrogen) atoms. The molecule has 0 aromatic heterocycles. The number of rotatable bonds is 7. The molecule has 1 aliphatic rings. The van der Waals surface area contributed by atoms with Gasteiger partial charge in [0.15, 0.2) is 0 Å². The van der Waals surface area contributed by atoms with Crippen LogP contribution in [0.15, 0.2) is 89.5 Å². The first kappa shape index (κ1) is 24.7. The Bertz CT molecular complexity index is 1380. The lowest BCUT2D eigenvalue weighted by molar-refractivity contribution is -0.384. The van der Waals surface area contributed by atoms with Gasteiger partial charge in [0.05, 0.1) is 10.2 Å². The van der Waals surface area contributed by atoms with Gasteiger partial charge in [-0.3, -0.25) is 24.6 Å². The van der Waals surface area contributed by atoms with Crippen LogP contribution in [-0.2, 0) is 22.6 Å². The minimum absolute atomic E-state index is 0.0629. The van der Waals surface area contributed by atoms with Crippen molar-refractivity contribution in [2.24, 2.45) is 0 Å². The quantitative estimate of drug-likeness (QED) is 0.219. The fourth-order valence-electron chi connectivity index (χ4n) is 3.79. The zero-order valence-electron chi connectivity index (χ0n) is 19.4. The van der Waals surface area contributed by atoms with E-state index in [9.17, 15) is 25.0 Å². The summed E-state index contributed by atoms with van der Waals surface area (Å²) in [5.74, 6) is -0.876. The molecule has 1 saturated heterocycles. The van der Waals surface area contributed by atoms with Crippen molar-refractivity contribution in [2.45, 2.75) is 25.1 Å². The first-order chi connectivity index (χ1) is 17.4. The number of anilines is 1. The van der Waals surface area contributed by atoms with Crippen LogP contribution in [-0.4, -0.2) is 22.0 Å². The zero-order chi connectivity index (χ0) is 25.7. The molecule has 1 atom stereocenters. The third-order valence-electron chi connectivity index (χ3n) is 5.64. The van der Waals surface area contributed by atoms with E-state index in [4.69, 9.17) is 0 Å². The summed E-state index contributed by atoms with van der Waals surface area (Å²) in [6.45, 7) is 2.16. The van der Waals surface area contributed by atoms with E-state index in [0.717, 1.165) is 22.9 Å². The van der Waals surface area contributed by atoms with Crippen molar-refractivity contribution in [3.05, 3.63) is 116 Å². The second kappa shape index (κ2) is 10.9. The number of non-ortho nitro benzene ring substituents is 1. The number of carbonyl (C=O) groups is 2. The van der Waals surface area contributed by atoms with Gasteiger partial charge in [0.25, 0.3) is 11.6 Å². The number of nitro benzene ring substituents is 1. The molecule has 0 radical (unpaired) electrons. The van der Waals surface area contributed by atoms with Gasteiger partial charge in [-0.15, -0.1) is 0 Å². The summed E-state index contributed by atoms with van der Waals surface area (Å²) < 4.78 is 0. The number of nitriles is 1. The van der Waals surface area contributed by atoms with Crippen LogP contribution in [0.4, 0.5) is 11.4 Å². The number of hydrogen-bond acceptors (Lipinski definition) is 6. The van der Waals surface area contributed by atoms with Crippen LogP contribution in [0, 0.1) is 28.4 Å². The Morgan fingerprint density at radius 1 is 1.08 bits per heavy atom. The molecule has 1 aliphatic heterocycles. The molecule has 1 heterocycles. The number of nitro groups is 1. The molecule has 3 aromatic rings. The molecular formula is C27H22N4O4S. The maximum Gasteiger partial charge on any atom is 0.269 e. The zero-order valence-corrected chi connectivity index (χ0v) is 20.2. The predicted octanol–water partition coefficient (Wildman–Crippen LogP) is 4.65. The molecule has 1 fully saturated rings. The monoisotopic (exact) mass is 498 g/mol. The highest BCUT2D eigenvalue weighted by atomic mass is 32.2. The van der Waals surface area contributed by atoms with E-state index in [-0.39, 0.29) is 35.2 Å². The molecule has 0 unspecified atom stereocenters. The van der Waals surface area contributed by atoms with Gasteiger partial charge in [-0.1, -0.05) is 71.9 Å². The Kier molecular flexibility index (Phi) is 7.47. The van der Waals surface area contributed by atoms with Gasteiger partial charge in [-0.25, -0.2) is 0 Å². The number of aryl methyl sites for hydroxylation is 1. The summed E-state index contributed by atoms with van der Waals surface area (Å²) in [4.78, 5) is 38.7. The Morgan fingerprint density at radius 3 is 2.44 bits per heavy atom. The molecule has 0 spiro atoms. The summed E-state index contributed by atoms with van der Waals surface area (Å²) in [5.41, 5.74) is 2.81. The number of benzene rings is 3. The highest BCUT2D eigenvalue weighted by molar-refractivity contribution is 8.05. The van der Waals surface area contributed by atoms with Crippen molar-refractivity contribution in [1.82, 2.24) is 5.32 Å². The van der Waals surface area contributed by atoms with Crippen LogP contribution >= 0.6 is 11.8 Å². The molecule has 8 nitrogen and oxygen atoms in total. The van der Waals surface area contributed by atoms with Gasteiger partial charge in [0, 0.05) is 24.4 Å². The van der Waals surface area contributed by atoms with E-state index in [2.05, 4.69) is 5.32 Å². The summed E-state index contributed by atoms with van der Waals surface area (Å²) in [5, 5.41) is 23.4. The van der Waals surface area contributed by atoms with Crippen molar-refractivity contribution in [2.75, 3.05) is 4.90 Å². The minimum Gasteiger partial charge on any atom is -0.347 e.